The average Bonchev–Trinajstić information content (AvgIpc) is 2.73. The molecule has 3 rings (SSSR count). The number of carbonyl (C=O) groups excluding carboxylic acids is 1. The van der Waals surface area contributed by atoms with Gasteiger partial charge >= 0.3 is 0 Å². The predicted octanol–water partition coefficient (Wildman–Crippen LogP) is 3.81. The Balaban J connectivity index is 1.54. The van der Waals surface area contributed by atoms with Crippen molar-refractivity contribution < 1.29 is 17.6 Å². The van der Waals surface area contributed by atoms with Crippen LogP contribution in [-0.2, 0) is 21.2 Å². The van der Waals surface area contributed by atoms with Gasteiger partial charge in [-0.1, -0.05) is 36.8 Å². The number of nitrogens with one attached hydrogen (secondary N) is 1. The Morgan fingerprint density at radius 2 is 1.72 bits per heavy atom. The van der Waals surface area contributed by atoms with Crippen molar-refractivity contribution in [2.75, 3.05) is 13.1 Å². The zero-order valence-electron chi connectivity index (χ0n) is 16.6. The van der Waals surface area contributed by atoms with E-state index < -0.39 is 16.1 Å². The lowest BCUT2D eigenvalue weighted by molar-refractivity contribution is -0.121. The van der Waals surface area contributed by atoms with Crippen LogP contribution >= 0.6 is 0 Å². The number of halogens is 1. The molecule has 0 bridgehead atoms. The number of hydrogen-bond donors (Lipinski definition) is 1. The first kappa shape index (κ1) is 21.5. The van der Waals surface area contributed by atoms with Crippen molar-refractivity contribution >= 4 is 15.9 Å². The Hall–Kier alpha value is -2.25. The van der Waals surface area contributed by atoms with Crippen LogP contribution in [0.25, 0.3) is 0 Å². The summed E-state index contributed by atoms with van der Waals surface area (Å²) in [6, 6.07) is 12.7. The van der Waals surface area contributed by atoms with Gasteiger partial charge in [0.2, 0.25) is 15.9 Å². The Labute approximate surface area is 172 Å². The Morgan fingerprint density at radius 3 is 2.38 bits per heavy atom. The number of nitrogens with zero attached hydrogens (tertiary/aromatic N) is 1. The molecule has 7 heteroatoms. The molecule has 1 heterocycles. The fourth-order valence-corrected chi connectivity index (χ4v) is 5.08. The second-order valence-electron chi connectivity index (χ2n) is 7.42. The highest BCUT2D eigenvalue weighted by Gasteiger charge is 2.25. The molecule has 0 radical (unpaired) electrons. The molecule has 0 spiro atoms. The largest absolute Gasteiger partial charge is 0.349 e. The zero-order chi connectivity index (χ0) is 20.9. The fourth-order valence-electron chi connectivity index (χ4n) is 3.56. The number of piperidine rings is 1. The minimum absolute atomic E-state index is 0.175. The maximum atomic E-state index is 13.8. The Bertz CT molecular complexity index is 939. The maximum Gasteiger partial charge on any atom is 0.243 e. The van der Waals surface area contributed by atoms with Crippen LogP contribution in [0.1, 0.15) is 49.8 Å². The van der Waals surface area contributed by atoms with Gasteiger partial charge in [0.15, 0.2) is 0 Å². The van der Waals surface area contributed by atoms with Gasteiger partial charge in [0, 0.05) is 25.1 Å². The lowest BCUT2D eigenvalue weighted by Gasteiger charge is -2.25. The minimum atomic E-state index is -3.44. The number of benzene rings is 2. The van der Waals surface area contributed by atoms with E-state index in [0.717, 1.165) is 24.8 Å². The SMILES string of the molecule is C[C@H](NC(=O)CCc1ccc(S(=O)(=O)N2CCCCC2)cc1)c1ccccc1F. The molecule has 2 aromatic rings. The van der Waals surface area contributed by atoms with Crippen molar-refractivity contribution in [2.24, 2.45) is 0 Å². The summed E-state index contributed by atoms with van der Waals surface area (Å²) in [6.45, 7) is 2.89. The van der Waals surface area contributed by atoms with Crippen molar-refractivity contribution in [1.82, 2.24) is 9.62 Å². The molecule has 2 aromatic carbocycles. The van der Waals surface area contributed by atoms with Gasteiger partial charge in [-0.25, -0.2) is 12.8 Å². The summed E-state index contributed by atoms with van der Waals surface area (Å²) < 4.78 is 40.7. The van der Waals surface area contributed by atoms with Crippen LogP contribution in [0.3, 0.4) is 0 Å². The Morgan fingerprint density at radius 1 is 1.07 bits per heavy atom. The normalized spacial score (nSPS) is 16.3. The third kappa shape index (κ3) is 5.42. The summed E-state index contributed by atoms with van der Waals surface area (Å²) in [6.07, 6.45) is 3.61. The van der Waals surface area contributed by atoms with Gasteiger partial charge < -0.3 is 5.32 Å². The lowest BCUT2D eigenvalue weighted by Crippen LogP contribution is -2.35. The first-order valence-corrected chi connectivity index (χ1v) is 11.4. The number of carbonyl (C=O) groups is 1. The molecule has 0 saturated carbocycles. The van der Waals surface area contributed by atoms with Crippen molar-refractivity contribution in [2.45, 2.75) is 50.0 Å². The van der Waals surface area contributed by atoms with Crippen molar-refractivity contribution in [1.29, 1.82) is 0 Å². The topological polar surface area (TPSA) is 66.5 Å². The summed E-state index contributed by atoms with van der Waals surface area (Å²) in [5, 5.41) is 2.80. The van der Waals surface area contributed by atoms with Gasteiger partial charge in [-0.05, 0) is 49.9 Å². The van der Waals surface area contributed by atoms with E-state index in [4.69, 9.17) is 0 Å². The smallest absolute Gasteiger partial charge is 0.243 e. The number of aryl methyl sites for hydroxylation is 1. The van der Waals surface area contributed by atoms with E-state index in [2.05, 4.69) is 5.32 Å². The molecular weight excluding hydrogens is 391 g/mol. The van der Waals surface area contributed by atoms with Crippen molar-refractivity contribution in [3.05, 3.63) is 65.5 Å². The molecule has 1 aliphatic rings. The van der Waals surface area contributed by atoms with E-state index in [-0.39, 0.29) is 18.1 Å². The highest BCUT2D eigenvalue weighted by molar-refractivity contribution is 7.89. The van der Waals surface area contributed by atoms with Crippen LogP contribution in [-0.4, -0.2) is 31.7 Å². The Kier molecular flexibility index (Phi) is 7.03. The monoisotopic (exact) mass is 418 g/mol. The molecule has 29 heavy (non-hydrogen) atoms. The van der Waals surface area contributed by atoms with Gasteiger partial charge in [0.25, 0.3) is 0 Å². The summed E-state index contributed by atoms with van der Waals surface area (Å²) in [5.41, 5.74) is 1.34. The first-order chi connectivity index (χ1) is 13.9. The quantitative estimate of drug-likeness (QED) is 0.744. The van der Waals surface area contributed by atoms with Gasteiger partial charge in [0.1, 0.15) is 5.82 Å². The summed E-state index contributed by atoms with van der Waals surface area (Å²) >= 11 is 0. The summed E-state index contributed by atoms with van der Waals surface area (Å²) in [5.74, 6) is -0.517. The van der Waals surface area contributed by atoms with Gasteiger partial charge in [0.05, 0.1) is 10.9 Å². The fraction of sp³-hybridized carbons (Fsp3) is 0.409. The number of hydrogen-bond acceptors (Lipinski definition) is 3. The predicted molar refractivity (Wildman–Crippen MR) is 110 cm³/mol. The molecule has 1 aliphatic heterocycles. The second-order valence-corrected chi connectivity index (χ2v) is 9.36. The molecule has 0 unspecified atom stereocenters. The number of rotatable bonds is 7. The lowest BCUT2D eigenvalue weighted by atomic mass is 10.1. The minimum Gasteiger partial charge on any atom is -0.349 e. The average molecular weight is 419 g/mol. The molecule has 1 saturated heterocycles. The summed E-state index contributed by atoms with van der Waals surface area (Å²) in [7, 11) is -3.44. The van der Waals surface area contributed by atoms with Crippen molar-refractivity contribution in [3.63, 3.8) is 0 Å². The van der Waals surface area contributed by atoms with E-state index in [1.807, 2.05) is 0 Å². The van der Waals surface area contributed by atoms with E-state index >= 15 is 0 Å². The maximum absolute atomic E-state index is 13.8. The standard InChI is InChI=1S/C22H27FN2O3S/c1-17(20-7-3-4-8-21(20)23)24-22(26)14-11-18-9-12-19(13-10-18)29(27,28)25-15-5-2-6-16-25/h3-4,7-10,12-13,17H,2,5-6,11,14-16H2,1H3,(H,24,26)/t17-/m0/s1. The molecule has 0 aliphatic carbocycles. The van der Waals surface area contributed by atoms with Crippen LogP contribution in [0.2, 0.25) is 0 Å². The highest BCUT2D eigenvalue weighted by atomic mass is 32.2. The van der Waals surface area contributed by atoms with Crippen LogP contribution in [0.15, 0.2) is 53.4 Å². The zero-order valence-corrected chi connectivity index (χ0v) is 17.4. The van der Waals surface area contributed by atoms with E-state index in [1.165, 1.54) is 6.07 Å². The first-order valence-electron chi connectivity index (χ1n) is 10.0. The van der Waals surface area contributed by atoms with E-state index in [0.29, 0.717) is 30.0 Å². The van der Waals surface area contributed by atoms with Crippen LogP contribution in [0.4, 0.5) is 4.39 Å². The molecule has 1 fully saturated rings. The van der Waals surface area contributed by atoms with Crippen LogP contribution in [0.5, 0.6) is 0 Å². The molecule has 156 valence electrons. The van der Waals surface area contributed by atoms with Gasteiger partial charge in [-0.15, -0.1) is 0 Å². The van der Waals surface area contributed by atoms with E-state index in [9.17, 15) is 17.6 Å². The molecule has 5 nitrogen and oxygen atoms in total. The van der Waals surface area contributed by atoms with Crippen LogP contribution < -0.4 is 5.32 Å². The molecule has 1 atom stereocenters. The molecule has 0 aromatic heterocycles. The highest BCUT2D eigenvalue weighted by Crippen LogP contribution is 2.21. The number of amides is 1. The second kappa shape index (κ2) is 9.50. The van der Waals surface area contributed by atoms with Gasteiger partial charge in [-0.3, -0.25) is 4.79 Å². The molecule has 1 amide bonds. The third-order valence-electron chi connectivity index (χ3n) is 5.27. The summed E-state index contributed by atoms with van der Waals surface area (Å²) in [4.78, 5) is 12.5. The third-order valence-corrected chi connectivity index (χ3v) is 7.18. The van der Waals surface area contributed by atoms with Gasteiger partial charge in [-0.2, -0.15) is 4.31 Å². The van der Waals surface area contributed by atoms with Crippen LogP contribution in [0, 0.1) is 5.82 Å². The molecule has 1 N–H and O–H groups in total. The molecular formula is C22H27FN2O3S. The van der Waals surface area contributed by atoms with Crippen molar-refractivity contribution in [3.8, 4) is 0 Å². The van der Waals surface area contributed by atoms with E-state index in [1.54, 1.807) is 53.7 Å². The number of sulfonamides is 1.